The molecular formula is C27H34F2N4O2. The fourth-order valence-corrected chi connectivity index (χ4v) is 4.04. The van der Waals surface area contributed by atoms with Crippen LogP contribution in [0.25, 0.3) is 0 Å². The third-order valence-electron chi connectivity index (χ3n) is 5.69. The smallest absolute Gasteiger partial charge is 0.247 e. The number of carbonyl (C=O) groups is 2. The Morgan fingerprint density at radius 1 is 1.09 bits per heavy atom. The van der Waals surface area contributed by atoms with E-state index >= 15 is 0 Å². The predicted molar refractivity (Wildman–Crippen MR) is 135 cm³/mol. The van der Waals surface area contributed by atoms with E-state index in [0.717, 1.165) is 43.9 Å². The number of rotatable bonds is 9. The predicted octanol–water partition coefficient (Wildman–Crippen LogP) is 4.71. The zero-order valence-electron chi connectivity index (χ0n) is 20.5. The number of nitrogens with zero attached hydrogens (tertiary/aromatic N) is 1. The Labute approximate surface area is 205 Å². The largest absolute Gasteiger partial charge is 0.344 e. The van der Waals surface area contributed by atoms with Gasteiger partial charge < -0.3 is 10.6 Å². The highest BCUT2D eigenvalue weighted by atomic mass is 19.1. The molecule has 35 heavy (non-hydrogen) atoms. The van der Waals surface area contributed by atoms with Gasteiger partial charge in [0.15, 0.2) is 0 Å². The van der Waals surface area contributed by atoms with Crippen LogP contribution in [0.4, 0.5) is 8.78 Å². The lowest BCUT2D eigenvalue weighted by atomic mass is 9.80. The Bertz CT molecular complexity index is 1010. The molecule has 0 unspecified atom stereocenters. The lowest BCUT2D eigenvalue weighted by Gasteiger charge is -2.24. The molecule has 1 saturated carbocycles. The van der Waals surface area contributed by atoms with E-state index in [1.54, 1.807) is 0 Å². The lowest BCUT2D eigenvalue weighted by molar-refractivity contribution is -0.127. The van der Waals surface area contributed by atoms with Gasteiger partial charge >= 0.3 is 0 Å². The number of hydrazone groups is 1. The summed E-state index contributed by atoms with van der Waals surface area (Å²) in [4.78, 5) is 24.5. The number of amides is 2. The van der Waals surface area contributed by atoms with Crippen molar-refractivity contribution in [2.24, 2.45) is 5.10 Å². The van der Waals surface area contributed by atoms with Crippen molar-refractivity contribution in [3.63, 3.8) is 0 Å². The van der Waals surface area contributed by atoms with Crippen LogP contribution in [0.1, 0.15) is 57.6 Å². The molecule has 2 amide bonds. The standard InChI is InChI=1S/C25H28F2N4O2.C2H6/c1-17(29-23(32)14-19-12-21(26)15-22(27)13-19)24(33)30-18(2)31-28-16-25(10-6-7-11-25)20-8-4-3-5-9-20;1-2/h3-5,8-9,12-13,15-17,31H,2,6-7,10-11,14H2,1H3,(H,29,32)(H,30,33);1-2H3/b28-16+;/t17-;/m0./s1. The van der Waals surface area contributed by atoms with E-state index in [1.165, 1.54) is 12.5 Å². The van der Waals surface area contributed by atoms with Crippen molar-refractivity contribution in [2.45, 2.75) is 64.3 Å². The van der Waals surface area contributed by atoms with Crippen LogP contribution in [-0.2, 0) is 21.4 Å². The van der Waals surface area contributed by atoms with Crippen LogP contribution in [0.15, 0.2) is 66.0 Å². The molecule has 0 aromatic heterocycles. The van der Waals surface area contributed by atoms with Gasteiger partial charge in [-0.3, -0.25) is 15.0 Å². The third-order valence-corrected chi connectivity index (χ3v) is 5.69. The molecule has 0 radical (unpaired) electrons. The summed E-state index contributed by atoms with van der Waals surface area (Å²) in [6.45, 7) is 9.25. The van der Waals surface area contributed by atoms with Crippen LogP contribution in [0.3, 0.4) is 0 Å². The molecule has 1 atom stereocenters. The topological polar surface area (TPSA) is 82.6 Å². The van der Waals surface area contributed by atoms with Gasteiger partial charge in [0, 0.05) is 17.7 Å². The van der Waals surface area contributed by atoms with Gasteiger partial charge in [0.05, 0.1) is 6.42 Å². The fraction of sp³-hybridized carbons (Fsp3) is 0.370. The highest BCUT2D eigenvalue weighted by Crippen LogP contribution is 2.39. The zero-order chi connectivity index (χ0) is 25.8. The van der Waals surface area contributed by atoms with Crippen LogP contribution in [0, 0.1) is 11.6 Å². The van der Waals surface area contributed by atoms with E-state index in [4.69, 9.17) is 0 Å². The van der Waals surface area contributed by atoms with E-state index in [0.29, 0.717) is 0 Å². The summed E-state index contributed by atoms with van der Waals surface area (Å²) < 4.78 is 26.5. The average Bonchev–Trinajstić information content (AvgIpc) is 3.30. The number of halogens is 2. The molecule has 2 aromatic carbocycles. The molecule has 1 aliphatic rings. The van der Waals surface area contributed by atoms with E-state index in [-0.39, 0.29) is 23.2 Å². The summed E-state index contributed by atoms with van der Waals surface area (Å²) in [5, 5.41) is 9.35. The van der Waals surface area contributed by atoms with Gasteiger partial charge in [-0.2, -0.15) is 5.10 Å². The minimum absolute atomic E-state index is 0.143. The molecule has 6 nitrogen and oxygen atoms in total. The van der Waals surface area contributed by atoms with Gasteiger partial charge in [0.2, 0.25) is 11.8 Å². The zero-order valence-corrected chi connectivity index (χ0v) is 20.5. The number of nitrogens with one attached hydrogen (secondary N) is 3. The van der Waals surface area contributed by atoms with Crippen molar-refractivity contribution in [1.29, 1.82) is 0 Å². The van der Waals surface area contributed by atoms with Crippen molar-refractivity contribution in [2.75, 3.05) is 0 Å². The minimum atomic E-state index is -0.885. The molecule has 1 aliphatic carbocycles. The second kappa shape index (κ2) is 13.4. The molecule has 0 aliphatic heterocycles. The molecular weight excluding hydrogens is 450 g/mol. The second-order valence-electron chi connectivity index (χ2n) is 8.31. The van der Waals surface area contributed by atoms with Crippen molar-refractivity contribution in [1.82, 2.24) is 16.1 Å². The first-order valence-corrected chi connectivity index (χ1v) is 11.9. The molecule has 188 valence electrons. The summed E-state index contributed by atoms with van der Waals surface area (Å²) in [6.07, 6.45) is 5.86. The van der Waals surface area contributed by atoms with Gasteiger partial charge in [-0.1, -0.05) is 63.6 Å². The molecule has 0 spiro atoms. The van der Waals surface area contributed by atoms with Crippen LogP contribution in [-0.4, -0.2) is 24.1 Å². The monoisotopic (exact) mass is 484 g/mol. The molecule has 3 N–H and O–H groups in total. The lowest BCUT2D eigenvalue weighted by Crippen LogP contribution is -2.46. The Kier molecular flexibility index (Phi) is 10.6. The number of hydrogen-bond acceptors (Lipinski definition) is 4. The van der Waals surface area contributed by atoms with Crippen LogP contribution >= 0.6 is 0 Å². The van der Waals surface area contributed by atoms with Gasteiger partial charge in [-0.15, -0.1) is 0 Å². The normalized spacial score (nSPS) is 15.0. The highest BCUT2D eigenvalue weighted by molar-refractivity contribution is 5.88. The van der Waals surface area contributed by atoms with Crippen LogP contribution in [0.2, 0.25) is 0 Å². The van der Waals surface area contributed by atoms with E-state index in [2.05, 4.69) is 39.9 Å². The summed E-state index contributed by atoms with van der Waals surface area (Å²) in [7, 11) is 0. The summed E-state index contributed by atoms with van der Waals surface area (Å²) in [5.41, 5.74) is 3.98. The Hall–Kier alpha value is -3.55. The SMILES string of the molecule is C=C(N/N=C/C1(c2ccccc2)CCCC1)NC(=O)[C@H](C)NC(=O)Cc1cc(F)cc(F)c1.CC. The molecule has 0 heterocycles. The number of hydrogen-bond donors (Lipinski definition) is 3. The van der Waals surface area contributed by atoms with Crippen LogP contribution < -0.4 is 16.1 Å². The Morgan fingerprint density at radius 3 is 2.29 bits per heavy atom. The van der Waals surface area contributed by atoms with Gasteiger partial charge in [-0.25, -0.2) is 8.78 Å². The molecule has 0 saturated heterocycles. The molecule has 1 fully saturated rings. The Balaban J connectivity index is 0.00000210. The number of carbonyl (C=O) groups excluding carboxylic acids is 2. The van der Waals surface area contributed by atoms with E-state index in [1.807, 2.05) is 38.3 Å². The van der Waals surface area contributed by atoms with Gasteiger partial charge in [0.25, 0.3) is 0 Å². The minimum Gasteiger partial charge on any atom is -0.344 e. The van der Waals surface area contributed by atoms with Gasteiger partial charge in [-0.05, 0) is 43.0 Å². The quantitative estimate of drug-likeness (QED) is 0.356. The van der Waals surface area contributed by atoms with Crippen LogP contribution in [0.5, 0.6) is 0 Å². The maximum absolute atomic E-state index is 13.3. The summed E-state index contributed by atoms with van der Waals surface area (Å²) in [5.74, 6) is -2.40. The van der Waals surface area contributed by atoms with Gasteiger partial charge in [0.1, 0.15) is 23.5 Å². The Morgan fingerprint density at radius 2 is 1.69 bits per heavy atom. The second-order valence-corrected chi connectivity index (χ2v) is 8.31. The third kappa shape index (κ3) is 8.31. The molecule has 3 rings (SSSR count). The van der Waals surface area contributed by atoms with E-state index in [9.17, 15) is 18.4 Å². The first-order valence-electron chi connectivity index (χ1n) is 11.9. The maximum atomic E-state index is 13.3. The number of benzene rings is 2. The summed E-state index contributed by atoms with van der Waals surface area (Å²) in [6, 6.07) is 12.2. The fourth-order valence-electron chi connectivity index (χ4n) is 4.04. The maximum Gasteiger partial charge on any atom is 0.247 e. The average molecular weight is 485 g/mol. The van der Waals surface area contributed by atoms with E-state index < -0.39 is 29.5 Å². The molecule has 0 bridgehead atoms. The van der Waals surface area contributed by atoms with Crippen molar-refractivity contribution < 1.29 is 18.4 Å². The summed E-state index contributed by atoms with van der Waals surface area (Å²) >= 11 is 0. The first kappa shape index (κ1) is 27.7. The first-order chi connectivity index (χ1) is 16.8. The molecule has 2 aromatic rings. The highest BCUT2D eigenvalue weighted by Gasteiger charge is 2.34. The van der Waals surface area contributed by atoms with Crippen molar-refractivity contribution >= 4 is 18.0 Å². The van der Waals surface area contributed by atoms with Crippen molar-refractivity contribution in [3.8, 4) is 0 Å². The van der Waals surface area contributed by atoms with Crippen molar-refractivity contribution in [3.05, 3.63) is 83.7 Å². The molecule has 8 heteroatoms.